The van der Waals surface area contributed by atoms with E-state index in [1.807, 2.05) is 24.3 Å². The highest BCUT2D eigenvalue weighted by atomic mass is 16.5. The van der Waals surface area contributed by atoms with Crippen molar-refractivity contribution in [3.05, 3.63) is 42.2 Å². The van der Waals surface area contributed by atoms with E-state index in [0.29, 0.717) is 13.0 Å². The molecule has 0 saturated carbocycles. The number of rotatable bonds is 4. The Bertz CT molecular complexity index is 724. The van der Waals surface area contributed by atoms with Crippen molar-refractivity contribution in [3.8, 4) is 11.4 Å². The molecule has 3 rings (SSSR count). The van der Waals surface area contributed by atoms with Crippen molar-refractivity contribution in [1.82, 2.24) is 20.4 Å². The summed E-state index contributed by atoms with van der Waals surface area (Å²) in [4.78, 5) is 24.2. The fourth-order valence-electron chi connectivity index (χ4n) is 2.63. The van der Waals surface area contributed by atoms with Gasteiger partial charge in [0.25, 0.3) is 5.91 Å². The van der Waals surface area contributed by atoms with Crippen LogP contribution in [-0.2, 0) is 4.79 Å². The molecule has 1 unspecified atom stereocenters. The second kappa shape index (κ2) is 7.16. The monoisotopic (exact) mass is 328 g/mol. The number of carbonyl (C=O) groups is 2. The average molecular weight is 328 g/mol. The van der Waals surface area contributed by atoms with Gasteiger partial charge in [-0.15, -0.1) is 0 Å². The van der Waals surface area contributed by atoms with Crippen molar-refractivity contribution in [2.24, 2.45) is 0 Å². The molecule has 1 saturated heterocycles. The third-order valence-corrected chi connectivity index (χ3v) is 4.00. The van der Waals surface area contributed by atoms with Crippen LogP contribution < -0.4 is 15.4 Å². The number of nitrogens with zero attached hydrogens (tertiary/aromatic N) is 2. The molecule has 24 heavy (non-hydrogen) atoms. The smallest absolute Gasteiger partial charge is 0.272 e. The zero-order valence-corrected chi connectivity index (χ0v) is 13.5. The predicted octanol–water partition coefficient (Wildman–Crippen LogP) is 1.28. The van der Waals surface area contributed by atoms with Gasteiger partial charge in [-0.1, -0.05) is 0 Å². The van der Waals surface area contributed by atoms with Crippen LogP contribution in [0.2, 0.25) is 0 Å². The maximum atomic E-state index is 12.3. The number of hydrogen-bond donors (Lipinski definition) is 2. The summed E-state index contributed by atoms with van der Waals surface area (Å²) in [5.74, 6) is 0.281. The summed E-state index contributed by atoms with van der Waals surface area (Å²) in [5.41, 5.74) is 1.10. The molecule has 1 aromatic carbocycles. The Morgan fingerprint density at radius 1 is 1.29 bits per heavy atom. The number of aromatic nitrogens is 2. The lowest BCUT2D eigenvalue weighted by atomic mass is 10.1. The van der Waals surface area contributed by atoms with Gasteiger partial charge in [0.1, 0.15) is 11.8 Å². The van der Waals surface area contributed by atoms with Crippen molar-refractivity contribution in [1.29, 1.82) is 0 Å². The van der Waals surface area contributed by atoms with Crippen LogP contribution >= 0.6 is 0 Å². The number of carbonyl (C=O) groups excluding carboxylic acids is 2. The molecule has 0 radical (unpaired) electrons. The van der Waals surface area contributed by atoms with Crippen molar-refractivity contribution < 1.29 is 14.3 Å². The SMILES string of the molecule is COc1ccc(-n2ccc(C(=O)NC3CCCCNC3=O)n2)cc1. The highest BCUT2D eigenvalue weighted by molar-refractivity contribution is 5.96. The van der Waals surface area contributed by atoms with E-state index in [4.69, 9.17) is 4.74 Å². The second-order valence-corrected chi connectivity index (χ2v) is 5.66. The minimum absolute atomic E-state index is 0.129. The molecule has 1 atom stereocenters. The van der Waals surface area contributed by atoms with Gasteiger partial charge < -0.3 is 15.4 Å². The molecule has 2 aromatic rings. The highest BCUT2D eigenvalue weighted by Crippen LogP contribution is 2.14. The molecule has 1 fully saturated rings. The molecule has 2 heterocycles. The molecule has 126 valence electrons. The molecule has 2 N–H and O–H groups in total. The fraction of sp³-hybridized carbons (Fsp3) is 0.353. The Morgan fingerprint density at radius 3 is 2.83 bits per heavy atom. The first-order chi connectivity index (χ1) is 11.7. The first kappa shape index (κ1) is 16.0. The van der Waals surface area contributed by atoms with E-state index in [-0.39, 0.29) is 17.5 Å². The summed E-state index contributed by atoms with van der Waals surface area (Å²) < 4.78 is 6.73. The second-order valence-electron chi connectivity index (χ2n) is 5.66. The van der Waals surface area contributed by atoms with Crippen LogP contribution in [0.4, 0.5) is 0 Å². The molecule has 1 aliphatic heterocycles. The molecular formula is C17H20N4O3. The zero-order valence-electron chi connectivity index (χ0n) is 13.5. The van der Waals surface area contributed by atoms with Gasteiger partial charge in [0.05, 0.1) is 12.8 Å². The summed E-state index contributed by atoms with van der Waals surface area (Å²) in [6.45, 7) is 0.664. The highest BCUT2D eigenvalue weighted by Gasteiger charge is 2.23. The number of nitrogens with one attached hydrogen (secondary N) is 2. The van der Waals surface area contributed by atoms with Crippen LogP contribution in [0.15, 0.2) is 36.5 Å². The third-order valence-electron chi connectivity index (χ3n) is 4.00. The maximum absolute atomic E-state index is 12.3. The van der Waals surface area contributed by atoms with Gasteiger partial charge in [-0.05, 0) is 49.6 Å². The summed E-state index contributed by atoms with van der Waals surface area (Å²) in [7, 11) is 1.61. The summed E-state index contributed by atoms with van der Waals surface area (Å²) in [6, 6.07) is 8.50. The molecule has 7 heteroatoms. The summed E-state index contributed by atoms with van der Waals surface area (Å²) in [6.07, 6.45) is 4.20. The lowest BCUT2D eigenvalue weighted by Crippen LogP contribution is -2.45. The van der Waals surface area contributed by atoms with Crippen molar-refractivity contribution in [2.45, 2.75) is 25.3 Å². The normalized spacial score (nSPS) is 17.7. The molecule has 0 spiro atoms. The van der Waals surface area contributed by atoms with Gasteiger partial charge in [-0.25, -0.2) is 4.68 Å². The lowest BCUT2D eigenvalue weighted by molar-refractivity contribution is -0.122. The molecule has 0 bridgehead atoms. The van der Waals surface area contributed by atoms with Crippen LogP contribution in [0, 0.1) is 0 Å². The quantitative estimate of drug-likeness (QED) is 0.885. The van der Waals surface area contributed by atoms with Crippen LogP contribution in [-0.4, -0.2) is 41.3 Å². The van der Waals surface area contributed by atoms with E-state index in [9.17, 15) is 9.59 Å². The van der Waals surface area contributed by atoms with E-state index in [0.717, 1.165) is 24.3 Å². The largest absolute Gasteiger partial charge is 0.497 e. The molecule has 1 aliphatic rings. The van der Waals surface area contributed by atoms with Gasteiger partial charge in [0.15, 0.2) is 5.69 Å². The molecule has 1 aromatic heterocycles. The van der Waals surface area contributed by atoms with Crippen molar-refractivity contribution >= 4 is 11.8 Å². The Hall–Kier alpha value is -2.83. The standard InChI is InChI=1S/C17H20N4O3/c1-24-13-7-5-12(6-8-13)21-11-9-15(20-21)17(23)19-14-4-2-3-10-18-16(14)22/h5-9,11,14H,2-4,10H2,1H3,(H,18,22)(H,19,23). The van der Waals surface area contributed by atoms with Crippen molar-refractivity contribution in [3.63, 3.8) is 0 Å². The topological polar surface area (TPSA) is 85.2 Å². The Balaban J connectivity index is 1.69. The van der Waals surface area contributed by atoms with E-state index >= 15 is 0 Å². The van der Waals surface area contributed by atoms with Gasteiger partial charge in [0.2, 0.25) is 5.91 Å². The van der Waals surface area contributed by atoms with Gasteiger partial charge in [-0.3, -0.25) is 9.59 Å². The van der Waals surface area contributed by atoms with Gasteiger partial charge >= 0.3 is 0 Å². The van der Waals surface area contributed by atoms with E-state index < -0.39 is 6.04 Å². The minimum atomic E-state index is -0.494. The number of benzene rings is 1. The third kappa shape index (κ3) is 3.56. The number of amides is 2. The Labute approximate surface area is 140 Å². The van der Waals surface area contributed by atoms with E-state index in [2.05, 4.69) is 15.7 Å². The Morgan fingerprint density at radius 2 is 2.08 bits per heavy atom. The van der Waals surface area contributed by atoms with Gasteiger partial charge in [0, 0.05) is 12.7 Å². The van der Waals surface area contributed by atoms with E-state index in [1.165, 1.54) is 0 Å². The first-order valence-corrected chi connectivity index (χ1v) is 7.96. The van der Waals surface area contributed by atoms with Crippen LogP contribution in [0.25, 0.3) is 5.69 Å². The minimum Gasteiger partial charge on any atom is -0.497 e. The zero-order chi connectivity index (χ0) is 16.9. The number of ether oxygens (including phenoxy) is 1. The summed E-state index contributed by atoms with van der Waals surface area (Å²) >= 11 is 0. The first-order valence-electron chi connectivity index (χ1n) is 7.96. The average Bonchev–Trinajstić information content (AvgIpc) is 3.02. The number of hydrogen-bond acceptors (Lipinski definition) is 4. The molecule has 7 nitrogen and oxygen atoms in total. The van der Waals surface area contributed by atoms with Crippen LogP contribution in [0.1, 0.15) is 29.8 Å². The Kier molecular flexibility index (Phi) is 4.79. The fourth-order valence-corrected chi connectivity index (χ4v) is 2.63. The molecule has 0 aliphatic carbocycles. The lowest BCUT2D eigenvalue weighted by Gasteiger charge is -2.14. The molecular weight excluding hydrogens is 308 g/mol. The van der Waals surface area contributed by atoms with Crippen molar-refractivity contribution in [2.75, 3.05) is 13.7 Å². The van der Waals surface area contributed by atoms with Crippen LogP contribution in [0.3, 0.4) is 0 Å². The van der Waals surface area contributed by atoms with Gasteiger partial charge in [-0.2, -0.15) is 5.10 Å². The molecule has 2 amide bonds. The summed E-state index contributed by atoms with van der Waals surface area (Å²) in [5, 5.41) is 9.85. The predicted molar refractivity (Wildman–Crippen MR) is 88.2 cm³/mol. The number of methoxy groups -OCH3 is 1. The van der Waals surface area contributed by atoms with E-state index in [1.54, 1.807) is 24.1 Å². The maximum Gasteiger partial charge on any atom is 0.272 e. The van der Waals surface area contributed by atoms with Crippen LogP contribution in [0.5, 0.6) is 5.75 Å².